The Bertz CT molecular complexity index is 673. The molecule has 0 heterocycles. The van der Waals surface area contributed by atoms with Gasteiger partial charge in [-0.25, -0.2) is 4.79 Å². The van der Waals surface area contributed by atoms with E-state index in [4.69, 9.17) is 0 Å². The number of hydrogen-bond acceptors (Lipinski definition) is 3. The third kappa shape index (κ3) is 4.42. The van der Waals surface area contributed by atoms with Crippen LogP contribution in [0.3, 0.4) is 0 Å². The van der Waals surface area contributed by atoms with E-state index in [1.165, 1.54) is 13.2 Å². The molecule has 0 unspecified atom stereocenters. The highest BCUT2D eigenvalue weighted by atomic mass is 16.5. The average Bonchev–Trinajstić information content (AvgIpc) is 2.52. The number of esters is 1. The fourth-order valence-electron chi connectivity index (χ4n) is 1.83. The minimum Gasteiger partial charge on any atom is -0.466 e. The highest BCUT2D eigenvalue weighted by Crippen LogP contribution is 2.22. The van der Waals surface area contributed by atoms with E-state index in [0.29, 0.717) is 0 Å². The van der Waals surface area contributed by atoms with Crippen LogP contribution in [0, 0.1) is 6.92 Å². The smallest absolute Gasteiger partial charge is 0.330 e. The molecule has 106 valence electrons. The summed E-state index contributed by atoms with van der Waals surface area (Å²) in [5.74, 6) is -0.380. The van der Waals surface area contributed by atoms with Crippen LogP contribution >= 0.6 is 0 Å². The highest BCUT2D eigenvalue weighted by molar-refractivity contribution is 5.89. The zero-order valence-electron chi connectivity index (χ0n) is 12.1. The van der Waals surface area contributed by atoms with Crippen molar-refractivity contribution in [2.24, 2.45) is 4.99 Å². The summed E-state index contributed by atoms with van der Waals surface area (Å²) in [6.07, 6.45) is 4.92. The molecule has 0 aromatic heterocycles. The molecule has 0 bridgehead atoms. The minimum atomic E-state index is -0.380. The Hall–Kier alpha value is -2.68. The van der Waals surface area contributed by atoms with Gasteiger partial charge in [0.25, 0.3) is 0 Å². The number of rotatable bonds is 4. The van der Waals surface area contributed by atoms with Crippen molar-refractivity contribution in [3.8, 4) is 0 Å². The molecule has 3 nitrogen and oxygen atoms in total. The molecule has 0 aliphatic rings. The Balaban J connectivity index is 2.29. The fourth-order valence-corrected chi connectivity index (χ4v) is 1.83. The van der Waals surface area contributed by atoms with Gasteiger partial charge in [-0.1, -0.05) is 42.0 Å². The van der Waals surface area contributed by atoms with Crippen LogP contribution in [0.15, 0.2) is 59.6 Å². The number of aliphatic imine (C=N–C) groups is 1. The van der Waals surface area contributed by atoms with Gasteiger partial charge in [-0.2, -0.15) is 0 Å². The van der Waals surface area contributed by atoms with Crippen LogP contribution in [0.25, 0.3) is 6.08 Å². The van der Waals surface area contributed by atoms with E-state index < -0.39 is 0 Å². The minimum absolute atomic E-state index is 0.380. The van der Waals surface area contributed by atoms with Gasteiger partial charge in [0.2, 0.25) is 0 Å². The Labute approximate surface area is 124 Å². The summed E-state index contributed by atoms with van der Waals surface area (Å²) in [4.78, 5) is 15.7. The molecule has 0 amide bonds. The average molecular weight is 279 g/mol. The second kappa shape index (κ2) is 7.20. The second-order valence-electron chi connectivity index (χ2n) is 4.59. The van der Waals surface area contributed by atoms with Crippen LogP contribution in [0.4, 0.5) is 5.69 Å². The molecule has 2 aromatic carbocycles. The van der Waals surface area contributed by atoms with Crippen LogP contribution in [0.5, 0.6) is 0 Å². The Morgan fingerprint density at radius 1 is 1.14 bits per heavy atom. The lowest BCUT2D eigenvalue weighted by Crippen LogP contribution is -1.93. The van der Waals surface area contributed by atoms with E-state index in [0.717, 1.165) is 22.4 Å². The van der Waals surface area contributed by atoms with Crippen LogP contribution in [-0.4, -0.2) is 19.3 Å². The van der Waals surface area contributed by atoms with Crippen LogP contribution in [0.2, 0.25) is 0 Å². The van der Waals surface area contributed by atoms with Gasteiger partial charge in [0.15, 0.2) is 0 Å². The molecule has 2 aromatic rings. The van der Waals surface area contributed by atoms with Gasteiger partial charge in [-0.3, -0.25) is 4.99 Å². The van der Waals surface area contributed by atoms with Crippen LogP contribution < -0.4 is 0 Å². The zero-order valence-corrected chi connectivity index (χ0v) is 12.1. The predicted octanol–water partition coefficient (Wildman–Crippen LogP) is 3.93. The fraction of sp³-hybridized carbons (Fsp3) is 0.111. The third-order valence-electron chi connectivity index (χ3n) is 2.94. The highest BCUT2D eigenvalue weighted by Gasteiger charge is 2.00. The molecule has 2 rings (SSSR count). The number of methoxy groups -OCH3 is 1. The molecular weight excluding hydrogens is 262 g/mol. The summed E-state index contributed by atoms with van der Waals surface area (Å²) in [6, 6.07) is 15.8. The van der Waals surface area contributed by atoms with Gasteiger partial charge in [-0.05, 0) is 30.7 Å². The largest absolute Gasteiger partial charge is 0.466 e. The van der Waals surface area contributed by atoms with Crippen molar-refractivity contribution in [1.82, 2.24) is 0 Å². The standard InChI is InChI=1S/C18H17NO2/c1-14-8-10-17(16(12-14)9-11-18(20)21-2)19-13-15-6-4-3-5-7-15/h3-13H,1-2H3/b11-9+,19-13?. The number of carbonyl (C=O) groups excluding carboxylic acids is 1. The first-order valence-corrected chi connectivity index (χ1v) is 6.65. The van der Waals surface area contributed by atoms with Gasteiger partial charge in [0.05, 0.1) is 12.8 Å². The summed E-state index contributed by atoms with van der Waals surface area (Å²) in [5.41, 5.74) is 3.83. The van der Waals surface area contributed by atoms with Crippen molar-refractivity contribution < 1.29 is 9.53 Å². The summed E-state index contributed by atoms with van der Waals surface area (Å²) in [6.45, 7) is 2.00. The first-order chi connectivity index (χ1) is 10.2. The number of ether oxygens (including phenoxy) is 1. The van der Waals surface area contributed by atoms with Crippen molar-refractivity contribution in [3.05, 3.63) is 71.3 Å². The Kier molecular flexibility index (Phi) is 5.04. The molecule has 0 aliphatic carbocycles. The molecule has 3 heteroatoms. The number of nitrogens with zero attached hydrogens (tertiary/aromatic N) is 1. The van der Waals surface area contributed by atoms with E-state index in [1.54, 1.807) is 12.3 Å². The maximum atomic E-state index is 11.2. The first kappa shape index (κ1) is 14.7. The molecule has 0 N–H and O–H groups in total. The topological polar surface area (TPSA) is 38.7 Å². The van der Waals surface area contributed by atoms with Gasteiger partial charge >= 0.3 is 5.97 Å². The second-order valence-corrected chi connectivity index (χ2v) is 4.59. The molecule has 0 saturated heterocycles. The number of benzene rings is 2. The van der Waals surface area contributed by atoms with Crippen molar-refractivity contribution in [1.29, 1.82) is 0 Å². The maximum absolute atomic E-state index is 11.2. The van der Waals surface area contributed by atoms with Gasteiger partial charge in [-0.15, -0.1) is 0 Å². The van der Waals surface area contributed by atoms with E-state index in [9.17, 15) is 4.79 Å². The normalized spacial score (nSPS) is 11.1. The monoisotopic (exact) mass is 279 g/mol. The van der Waals surface area contributed by atoms with Gasteiger partial charge in [0, 0.05) is 17.9 Å². The Morgan fingerprint density at radius 2 is 1.90 bits per heavy atom. The number of carbonyl (C=O) groups is 1. The van der Waals surface area contributed by atoms with Crippen LogP contribution in [0.1, 0.15) is 16.7 Å². The summed E-state index contributed by atoms with van der Waals surface area (Å²) in [5, 5.41) is 0. The molecule has 0 spiro atoms. The van der Waals surface area contributed by atoms with Crippen molar-refractivity contribution in [3.63, 3.8) is 0 Å². The quantitative estimate of drug-likeness (QED) is 0.483. The van der Waals surface area contributed by atoms with Gasteiger partial charge < -0.3 is 4.74 Å². The van der Waals surface area contributed by atoms with Crippen molar-refractivity contribution >= 4 is 23.9 Å². The zero-order chi connectivity index (χ0) is 15.1. The SMILES string of the molecule is COC(=O)/C=C/c1cc(C)ccc1N=Cc1ccccc1. The maximum Gasteiger partial charge on any atom is 0.330 e. The number of hydrogen-bond donors (Lipinski definition) is 0. The lowest BCUT2D eigenvalue weighted by molar-refractivity contribution is -0.134. The third-order valence-corrected chi connectivity index (χ3v) is 2.94. The lowest BCUT2D eigenvalue weighted by Gasteiger charge is -2.02. The van der Waals surface area contributed by atoms with E-state index >= 15 is 0 Å². The van der Waals surface area contributed by atoms with Crippen molar-refractivity contribution in [2.75, 3.05) is 7.11 Å². The van der Waals surface area contributed by atoms with E-state index in [2.05, 4.69) is 9.73 Å². The molecular formula is C18H17NO2. The van der Waals surface area contributed by atoms with E-state index in [-0.39, 0.29) is 5.97 Å². The molecule has 0 atom stereocenters. The molecule has 0 saturated carbocycles. The molecule has 0 fully saturated rings. The summed E-state index contributed by atoms with van der Waals surface area (Å²) >= 11 is 0. The molecule has 0 aliphatic heterocycles. The summed E-state index contributed by atoms with van der Waals surface area (Å²) in [7, 11) is 1.36. The van der Waals surface area contributed by atoms with Crippen molar-refractivity contribution in [2.45, 2.75) is 6.92 Å². The molecule has 0 radical (unpaired) electrons. The Morgan fingerprint density at radius 3 is 2.62 bits per heavy atom. The first-order valence-electron chi connectivity index (χ1n) is 6.65. The number of aryl methyl sites for hydroxylation is 1. The summed E-state index contributed by atoms with van der Waals surface area (Å²) < 4.78 is 4.61. The van der Waals surface area contributed by atoms with E-state index in [1.807, 2.05) is 55.5 Å². The molecule has 21 heavy (non-hydrogen) atoms. The van der Waals surface area contributed by atoms with Gasteiger partial charge in [0.1, 0.15) is 0 Å². The lowest BCUT2D eigenvalue weighted by atomic mass is 10.1. The van der Waals surface area contributed by atoms with Crippen LogP contribution in [-0.2, 0) is 9.53 Å². The predicted molar refractivity (Wildman–Crippen MR) is 85.9 cm³/mol.